The maximum absolute atomic E-state index is 14.1. The Morgan fingerprint density at radius 3 is 2.54 bits per heavy atom. The van der Waals surface area contributed by atoms with Crippen molar-refractivity contribution in [2.75, 3.05) is 6.54 Å². The van der Waals surface area contributed by atoms with Crippen LogP contribution in [0.25, 0.3) is 0 Å². The average Bonchev–Trinajstić information content (AvgIpc) is 2.87. The van der Waals surface area contributed by atoms with Crippen LogP contribution in [-0.4, -0.2) is 23.8 Å². The van der Waals surface area contributed by atoms with E-state index in [0.717, 1.165) is 18.5 Å². The Hall–Kier alpha value is -1.84. The maximum Gasteiger partial charge on any atom is 0.130 e. The summed E-state index contributed by atoms with van der Waals surface area (Å²) in [6.07, 6.45) is 4.68. The summed E-state index contributed by atoms with van der Waals surface area (Å²) in [5.41, 5.74) is 7.26. The molecular formula is C20H30FN3. The van der Waals surface area contributed by atoms with Crippen molar-refractivity contribution in [3.05, 3.63) is 47.2 Å². The molecule has 24 heavy (non-hydrogen) atoms. The van der Waals surface area contributed by atoms with Crippen molar-refractivity contribution >= 4 is 6.34 Å². The number of nitrogens with two attached hydrogens (primary N) is 1. The molecule has 1 heterocycles. The highest BCUT2D eigenvalue weighted by Crippen LogP contribution is 2.37. The SMILES string of the molecule is C/C(=C\N1CC(C)CC1c1ccc(C(C)(C)F)cc1)[C@H](C)N=CN. The molecule has 0 saturated carbocycles. The van der Waals surface area contributed by atoms with Crippen LogP contribution in [0, 0.1) is 5.92 Å². The summed E-state index contributed by atoms with van der Waals surface area (Å²) in [6, 6.07) is 8.37. The number of aliphatic imine (C=N–C) groups is 1. The highest BCUT2D eigenvalue weighted by molar-refractivity contribution is 5.52. The third kappa shape index (κ3) is 4.37. The van der Waals surface area contributed by atoms with Gasteiger partial charge in [0.2, 0.25) is 0 Å². The molecule has 0 radical (unpaired) electrons. The van der Waals surface area contributed by atoms with Gasteiger partial charge in [0.1, 0.15) is 5.67 Å². The van der Waals surface area contributed by atoms with Gasteiger partial charge in [-0.25, -0.2) is 4.39 Å². The Bertz CT molecular complexity index is 598. The van der Waals surface area contributed by atoms with Crippen molar-refractivity contribution in [2.24, 2.45) is 16.6 Å². The molecule has 1 fully saturated rings. The van der Waals surface area contributed by atoms with Crippen molar-refractivity contribution in [1.29, 1.82) is 0 Å². The van der Waals surface area contributed by atoms with E-state index >= 15 is 0 Å². The Labute approximate surface area is 145 Å². The third-order valence-corrected chi connectivity index (χ3v) is 4.87. The number of benzene rings is 1. The molecule has 0 aliphatic carbocycles. The third-order valence-electron chi connectivity index (χ3n) is 4.87. The number of hydrogen-bond donors (Lipinski definition) is 1. The summed E-state index contributed by atoms with van der Waals surface area (Å²) in [4.78, 5) is 6.63. The predicted octanol–water partition coefficient (Wildman–Crippen LogP) is 4.55. The summed E-state index contributed by atoms with van der Waals surface area (Å²) in [6.45, 7) is 10.6. The molecule has 2 rings (SSSR count). The lowest BCUT2D eigenvalue weighted by molar-refractivity contribution is 0.221. The first-order chi connectivity index (χ1) is 11.2. The minimum atomic E-state index is -1.30. The lowest BCUT2D eigenvalue weighted by Crippen LogP contribution is -2.20. The van der Waals surface area contributed by atoms with Crippen LogP contribution in [0.15, 0.2) is 41.0 Å². The van der Waals surface area contributed by atoms with Crippen molar-refractivity contribution < 1.29 is 4.39 Å². The van der Waals surface area contributed by atoms with Crippen molar-refractivity contribution in [3.8, 4) is 0 Å². The fraction of sp³-hybridized carbons (Fsp3) is 0.550. The highest BCUT2D eigenvalue weighted by atomic mass is 19.1. The second kappa shape index (κ2) is 7.37. The van der Waals surface area contributed by atoms with Crippen LogP contribution >= 0.6 is 0 Å². The van der Waals surface area contributed by atoms with Gasteiger partial charge in [0.05, 0.1) is 18.4 Å². The van der Waals surface area contributed by atoms with E-state index in [9.17, 15) is 4.39 Å². The van der Waals surface area contributed by atoms with E-state index in [-0.39, 0.29) is 6.04 Å². The van der Waals surface area contributed by atoms with Gasteiger partial charge < -0.3 is 10.6 Å². The van der Waals surface area contributed by atoms with E-state index in [0.29, 0.717) is 12.0 Å². The number of hydrogen-bond acceptors (Lipinski definition) is 2. The smallest absolute Gasteiger partial charge is 0.130 e. The van der Waals surface area contributed by atoms with E-state index in [2.05, 4.69) is 42.1 Å². The van der Waals surface area contributed by atoms with E-state index in [1.165, 1.54) is 17.5 Å². The van der Waals surface area contributed by atoms with E-state index in [1.807, 2.05) is 19.1 Å². The molecule has 132 valence electrons. The van der Waals surface area contributed by atoms with E-state index in [4.69, 9.17) is 5.73 Å². The van der Waals surface area contributed by atoms with Crippen LogP contribution in [0.4, 0.5) is 4.39 Å². The maximum atomic E-state index is 14.1. The molecule has 1 aliphatic heterocycles. The molecule has 1 aromatic carbocycles. The van der Waals surface area contributed by atoms with Crippen molar-refractivity contribution in [2.45, 2.75) is 58.8 Å². The Balaban J connectivity index is 2.23. The second-order valence-corrected chi connectivity index (χ2v) is 7.50. The molecule has 0 spiro atoms. The van der Waals surface area contributed by atoms with Gasteiger partial charge in [-0.2, -0.15) is 0 Å². The molecule has 0 bridgehead atoms. The average molecular weight is 331 g/mol. The highest BCUT2D eigenvalue weighted by Gasteiger charge is 2.29. The summed E-state index contributed by atoms with van der Waals surface area (Å²) < 4.78 is 14.1. The molecule has 3 nitrogen and oxygen atoms in total. The standard InChI is InChI=1S/C20H30FN3/c1-14-10-19(17-6-8-18(9-7-17)20(4,5)21)24(11-14)12-15(2)16(3)23-13-22/h6-9,12-14,16,19H,10-11H2,1-5H3,(H2,22,23)/b15-12+/t14?,16-,19?/m0/s1. The molecule has 3 atom stereocenters. The molecule has 2 unspecified atom stereocenters. The fourth-order valence-corrected chi connectivity index (χ4v) is 3.27. The van der Waals surface area contributed by atoms with Gasteiger partial charge in [-0.15, -0.1) is 0 Å². The van der Waals surface area contributed by atoms with Crippen LogP contribution in [0.5, 0.6) is 0 Å². The topological polar surface area (TPSA) is 41.6 Å². The Morgan fingerprint density at radius 2 is 2.00 bits per heavy atom. The van der Waals surface area contributed by atoms with Crippen LogP contribution in [-0.2, 0) is 5.67 Å². The monoisotopic (exact) mass is 331 g/mol. The van der Waals surface area contributed by atoms with Gasteiger partial charge in [-0.1, -0.05) is 31.2 Å². The fourth-order valence-electron chi connectivity index (χ4n) is 3.27. The molecule has 1 aromatic rings. The summed E-state index contributed by atoms with van der Waals surface area (Å²) in [5, 5.41) is 0. The van der Waals surface area contributed by atoms with E-state index < -0.39 is 5.67 Å². The van der Waals surface area contributed by atoms with Gasteiger partial charge in [0.25, 0.3) is 0 Å². The Kier molecular flexibility index (Phi) is 5.68. The quantitative estimate of drug-likeness (QED) is 0.635. The number of alkyl halides is 1. The minimum absolute atomic E-state index is 0.0845. The zero-order valence-corrected chi connectivity index (χ0v) is 15.5. The molecule has 0 aromatic heterocycles. The van der Waals surface area contributed by atoms with Crippen LogP contribution in [0.2, 0.25) is 0 Å². The van der Waals surface area contributed by atoms with Gasteiger partial charge in [-0.05, 0) is 56.7 Å². The van der Waals surface area contributed by atoms with Gasteiger partial charge >= 0.3 is 0 Å². The molecule has 0 amide bonds. The predicted molar refractivity (Wildman–Crippen MR) is 99.7 cm³/mol. The zero-order valence-electron chi connectivity index (χ0n) is 15.5. The van der Waals surface area contributed by atoms with Gasteiger partial charge in [0, 0.05) is 12.7 Å². The number of halogens is 1. The minimum Gasteiger partial charge on any atom is -0.390 e. The molecule has 2 N–H and O–H groups in total. The van der Waals surface area contributed by atoms with E-state index in [1.54, 1.807) is 13.8 Å². The molecule has 4 heteroatoms. The summed E-state index contributed by atoms with van der Waals surface area (Å²) in [7, 11) is 0. The lowest BCUT2D eigenvalue weighted by Gasteiger charge is -2.25. The van der Waals surface area contributed by atoms with Crippen LogP contribution in [0.1, 0.15) is 58.2 Å². The van der Waals surface area contributed by atoms with Gasteiger partial charge in [0.15, 0.2) is 0 Å². The largest absolute Gasteiger partial charge is 0.390 e. The first kappa shape index (κ1) is 18.5. The summed E-state index contributed by atoms with van der Waals surface area (Å²) >= 11 is 0. The molecule has 1 saturated heterocycles. The zero-order chi connectivity index (χ0) is 17.9. The number of likely N-dealkylation sites (tertiary alicyclic amines) is 1. The number of rotatable bonds is 5. The summed E-state index contributed by atoms with van der Waals surface area (Å²) in [5.74, 6) is 0.629. The first-order valence-electron chi connectivity index (χ1n) is 8.69. The first-order valence-corrected chi connectivity index (χ1v) is 8.69. The van der Waals surface area contributed by atoms with Crippen LogP contribution in [0.3, 0.4) is 0 Å². The van der Waals surface area contributed by atoms with Crippen LogP contribution < -0.4 is 5.73 Å². The second-order valence-electron chi connectivity index (χ2n) is 7.50. The van der Waals surface area contributed by atoms with Crippen molar-refractivity contribution in [3.63, 3.8) is 0 Å². The van der Waals surface area contributed by atoms with Crippen molar-refractivity contribution in [1.82, 2.24) is 4.90 Å². The number of nitrogens with zero attached hydrogens (tertiary/aromatic N) is 2. The van der Waals surface area contributed by atoms with Gasteiger partial charge in [-0.3, -0.25) is 4.99 Å². The normalized spacial score (nSPS) is 23.9. The molecule has 1 aliphatic rings. The Morgan fingerprint density at radius 1 is 1.38 bits per heavy atom. The molecular weight excluding hydrogens is 301 g/mol. The lowest BCUT2D eigenvalue weighted by atomic mass is 9.95.